The van der Waals surface area contributed by atoms with Crippen molar-refractivity contribution in [1.82, 2.24) is 10.6 Å². The fourth-order valence-corrected chi connectivity index (χ4v) is 4.47. The molecule has 0 aliphatic heterocycles. The van der Waals surface area contributed by atoms with E-state index in [1.807, 2.05) is 11.8 Å². The molecule has 0 heterocycles. The molecule has 4 nitrogen and oxygen atoms in total. The first kappa shape index (κ1) is 16.0. The van der Waals surface area contributed by atoms with Crippen molar-refractivity contribution < 1.29 is 9.90 Å². The molecule has 0 unspecified atom stereocenters. The summed E-state index contributed by atoms with van der Waals surface area (Å²) < 4.78 is 0. The van der Waals surface area contributed by atoms with Gasteiger partial charge >= 0.3 is 6.03 Å². The van der Waals surface area contributed by atoms with Crippen molar-refractivity contribution in [3.05, 3.63) is 0 Å². The highest BCUT2D eigenvalue weighted by Crippen LogP contribution is 2.28. The number of hydrogen-bond donors (Lipinski definition) is 3. The summed E-state index contributed by atoms with van der Waals surface area (Å²) in [5.74, 6) is 1.16. The van der Waals surface area contributed by atoms with E-state index in [0.29, 0.717) is 11.3 Å². The van der Waals surface area contributed by atoms with Crippen LogP contribution in [0.3, 0.4) is 0 Å². The minimum Gasteiger partial charge on any atom is -0.393 e. The average Bonchev–Trinajstić information content (AvgIpc) is 2.42. The van der Waals surface area contributed by atoms with E-state index < -0.39 is 0 Å². The lowest BCUT2D eigenvalue weighted by Crippen LogP contribution is -2.48. The van der Waals surface area contributed by atoms with Crippen LogP contribution < -0.4 is 10.6 Å². The summed E-state index contributed by atoms with van der Waals surface area (Å²) in [6, 6.07) is 0.559. The number of hydrogen-bond acceptors (Lipinski definition) is 3. The number of aliphatic hydroxyl groups excluding tert-OH is 1. The van der Waals surface area contributed by atoms with Gasteiger partial charge in [-0.05, 0) is 50.7 Å². The summed E-state index contributed by atoms with van der Waals surface area (Å²) >= 11 is 2.02. The summed E-state index contributed by atoms with van der Waals surface area (Å²) in [5.41, 5.74) is 0. The normalized spacial score (nSPS) is 34.5. The average molecular weight is 300 g/mol. The van der Waals surface area contributed by atoms with Crippen molar-refractivity contribution in [2.75, 3.05) is 5.75 Å². The predicted molar refractivity (Wildman–Crippen MR) is 84.1 cm³/mol. The Morgan fingerprint density at radius 3 is 2.50 bits per heavy atom. The molecule has 116 valence electrons. The zero-order valence-electron chi connectivity index (χ0n) is 12.4. The molecular formula is C15H28N2O2S. The van der Waals surface area contributed by atoms with Crippen LogP contribution in [0.2, 0.25) is 0 Å². The zero-order chi connectivity index (χ0) is 14.4. The van der Waals surface area contributed by atoms with Crippen LogP contribution in [-0.2, 0) is 0 Å². The lowest BCUT2D eigenvalue weighted by Gasteiger charge is -2.31. The summed E-state index contributed by atoms with van der Waals surface area (Å²) in [5, 5.41) is 16.4. The quantitative estimate of drug-likeness (QED) is 0.748. The van der Waals surface area contributed by atoms with Crippen molar-refractivity contribution in [2.24, 2.45) is 0 Å². The summed E-state index contributed by atoms with van der Waals surface area (Å²) in [6.07, 6.45) is 7.97. The van der Waals surface area contributed by atoms with E-state index in [-0.39, 0.29) is 18.2 Å². The first-order valence-corrected chi connectivity index (χ1v) is 9.09. The van der Waals surface area contributed by atoms with Gasteiger partial charge in [0.1, 0.15) is 0 Å². The number of aliphatic hydroxyl groups is 1. The maximum absolute atomic E-state index is 12.0. The Labute approximate surface area is 126 Å². The number of rotatable bonds is 4. The summed E-state index contributed by atoms with van der Waals surface area (Å²) in [6.45, 7) is 2.20. The summed E-state index contributed by atoms with van der Waals surface area (Å²) in [7, 11) is 0. The Hall–Kier alpha value is -0.420. The third-order valence-corrected chi connectivity index (χ3v) is 5.63. The fourth-order valence-electron chi connectivity index (χ4n) is 3.30. The van der Waals surface area contributed by atoms with E-state index in [2.05, 4.69) is 17.6 Å². The first-order valence-electron chi connectivity index (χ1n) is 8.04. The van der Waals surface area contributed by atoms with Crippen LogP contribution in [0.4, 0.5) is 4.79 Å². The Balaban J connectivity index is 1.68. The number of amides is 2. The second kappa shape index (κ2) is 8.13. The molecular weight excluding hydrogens is 272 g/mol. The molecule has 2 aliphatic carbocycles. The molecule has 2 rings (SSSR count). The number of nitrogens with one attached hydrogen (secondary N) is 2. The van der Waals surface area contributed by atoms with Crippen LogP contribution in [0.5, 0.6) is 0 Å². The van der Waals surface area contributed by atoms with Crippen molar-refractivity contribution >= 4 is 17.8 Å². The van der Waals surface area contributed by atoms with Gasteiger partial charge < -0.3 is 15.7 Å². The Bertz CT molecular complexity index is 304. The lowest BCUT2D eigenvalue weighted by atomic mass is 9.93. The van der Waals surface area contributed by atoms with E-state index >= 15 is 0 Å². The van der Waals surface area contributed by atoms with Gasteiger partial charge in [-0.2, -0.15) is 11.8 Å². The highest BCUT2D eigenvalue weighted by Gasteiger charge is 2.25. The Morgan fingerprint density at radius 2 is 1.80 bits per heavy atom. The Morgan fingerprint density at radius 1 is 1.10 bits per heavy atom. The van der Waals surface area contributed by atoms with Gasteiger partial charge in [-0.15, -0.1) is 0 Å². The maximum Gasteiger partial charge on any atom is 0.315 e. The monoisotopic (exact) mass is 300 g/mol. The fraction of sp³-hybridized carbons (Fsp3) is 0.933. The van der Waals surface area contributed by atoms with Crippen LogP contribution in [-0.4, -0.2) is 40.3 Å². The van der Waals surface area contributed by atoms with Crippen LogP contribution in [0, 0.1) is 0 Å². The van der Waals surface area contributed by atoms with E-state index in [0.717, 1.165) is 44.3 Å². The molecule has 2 atom stereocenters. The molecule has 0 aromatic carbocycles. The van der Waals surface area contributed by atoms with Gasteiger partial charge in [0.2, 0.25) is 0 Å². The van der Waals surface area contributed by atoms with Crippen LogP contribution >= 0.6 is 11.8 Å². The van der Waals surface area contributed by atoms with Crippen LogP contribution in [0.25, 0.3) is 0 Å². The molecule has 0 spiro atoms. The topological polar surface area (TPSA) is 61.4 Å². The molecule has 2 aliphatic rings. The van der Waals surface area contributed by atoms with Gasteiger partial charge in [0.25, 0.3) is 0 Å². The molecule has 0 bridgehead atoms. The number of thioether (sulfide) groups is 1. The smallest absolute Gasteiger partial charge is 0.315 e. The number of carbonyl (C=O) groups is 1. The zero-order valence-corrected chi connectivity index (χ0v) is 13.3. The molecule has 20 heavy (non-hydrogen) atoms. The standard InChI is InChI=1S/C15H28N2O2S/c1-2-20-14-5-3-4-12(10-14)17-15(19)16-11-6-8-13(18)9-7-11/h11-14,18H,2-10H2,1H3,(H2,16,17,19)/t11?,12-,13?,14-/m1/s1. The van der Waals surface area contributed by atoms with Crippen molar-refractivity contribution in [3.8, 4) is 0 Å². The van der Waals surface area contributed by atoms with Crippen molar-refractivity contribution in [2.45, 2.75) is 81.7 Å². The van der Waals surface area contributed by atoms with E-state index in [4.69, 9.17) is 0 Å². The van der Waals surface area contributed by atoms with E-state index in [1.54, 1.807) is 0 Å². The maximum atomic E-state index is 12.0. The number of urea groups is 1. The van der Waals surface area contributed by atoms with E-state index in [9.17, 15) is 9.90 Å². The first-order chi connectivity index (χ1) is 9.67. The highest BCUT2D eigenvalue weighted by atomic mass is 32.2. The lowest BCUT2D eigenvalue weighted by molar-refractivity contribution is 0.117. The molecule has 3 N–H and O–H groups in total. The molecule has 0 radical (unpaired) electrons. The molecule has 5 heteroatoms. The molecule has 0 saturated heterocycles. The molecule has 0 aromatic rings. The van der Waals surface area contributed by atoms with Crippen molar-refractivity contribution in [3.63, 3.8) is 0 Å². The van der Waals surface area contributed by atoms with Gasteiger partial charge in [0.05, 0.1) is 6.10 Å². The van der Waals surface area contributed by atoms with Gasteiger partial charge in [-0.25, -0.2) is 4.79 Å². The molecule has 2 saturated carbocycles. The summed E-state index contributed by atoms with van der Waals surface area (Å²) in [4.78, 5) is 12.0. The predicted octanol–water partition coefficient (Wildman–Crippen LogP) is 2.65. The Kier molecular flexibility index (Phi) is 6.49. The molecule has 2 amide bonds. The van der Waals surface area contributed by atoms with Gasteiger partial charge in [-0.3, -0.25) is 0 Å². The largest absolute Gasteiger partial charge is 0.393 e. The van der Waals surface area contributed by atoms with E-state index in [1.165, 1.54) is 12.8 Å². The van der Waals surface area contributed by atoms with Gasteiger partial charge in [0, 0.05) is 17.3 Å². The molecule has 0 aromatic heterocycles. The third kappa shape index (κ3) is 5.17. The third-order valence-electron chi connectivity index (χ3n) is 4.40. The number of carbonyl (C=O) groups excluding carboxylic acids is 1. The highest BCUT2D eigenvalue weighted by molar-refractivity contribution is 7.99. The molecule has 2 fully saturated rings. The van der Waals surface area contributed by atoms with Crippen molar-refractivity contribution in [1.29, 1.82) is 0 Å². The van der Waals surface area contributed by atoms with Gasteiger partial charge in [0.15, 0.2) is 0 Å². The van der Waals surface area contributed by atoms with Gasteiger partial charge in [-0.1, -0.05) is 13.3 Å². The minimum absolute atomic E-state index is 0.0152. The van der Waals surface area contributed by atoms with Crippen LogP contribution in [0.1, 0.15) is 58.3 Å². The second-order valence-corrected chi connectivity index (χ2v) is 7.64. The second-order valence-electron chi connectivity index (χ2n) is 6.06. The SMILES string of the molecule is CCS[C@@H]1CCC[C@@H](NC(=O)NC2CCC(O)CC2)C1. The van der Waals surface area contributed by atoms with Crippen LogP contribution in [0.15, 0.2) is 0 Å². The minimum atomic E-state index is -0.165.